The molecule has 5 atom stereocenters. The highest BCUT2D eigenvalue weighted by Gasteiger charge is 2.47. The largest absolute Gasteiger partial charge is 0.472 e. The smallest absolute Gasteiger partial charge is 0.408 e. The molecule has 1 saturated heterocycles. The number of carbonyl (C=O) groups excluding carboxylic acids is 4. The lowest BCUT2D eigenvalue weighted by Crippen LogP contribution is -2.60. The van der Waals surface area contributed by atoms with Crippen LogP contribution in [0.1, 0.15) is 74.1 Å². The third-order valence-corrected chi connectivity index (χ3v) is 10.1. The van der Waals surface area contributed by atoms with Crippen molar-refractivity contribution in [3.8, 4) is 5.88 Å². The lowest BCUT2D eigenvalue weighted by Gasteiger charge is -2.36. The van der Waals surface area contributed by atoms with Crippen molar-refractivity contribution in [1.29, 1.82) is 0 Å². The van der Waals surface area contributed by atoms with Crippen molar-refractivity contribution in [2.24, 2.45) is 11.3 Å². The minimum absolute atomic E-state index is 0.0103. The third kappa shape index (κ3) is 8.85. The Balaban J connectivity index is 1.65. The van der Waals surface area contributed by atoms with Gasteiger partial charge in [-0.1, -0.05) is 33.8 Å². The number of fused-ring (bicyclic) bond motifs is 1. The van der Waals surface area contributed by atoms with Gasteiger partial charge in [0.05, 0.1) is 23.4 Å². The summed E-state index contributed by atoms with van der Waals surface area (Å²) in [5.74, 6) is -2.51. The molecule has 264 valence electrons. The van der Waals surface area contributed by atoms with E-state index in [0.29, 0.717) is 30.2 Å². The number of likely N-dealkylation sites (tertiary alicyclic amines) is 1. The molecule has 14 nitrogen and oxygen atoms in total. The maximum absolute atomic E-state index is 14.3. The van der Waals surface area contributed by atoms with Crippen LogP contribution in [-0.4, -0.2) is 83.7 Å². The molecule has 2 aromatic heterocycles. The molecule has 0 bridgehead atoms. The van der Waals surface area contributed by atoms with Gasteiger partial charge in [-0.05, 0) is 57.6 Å². The summed E-state index contributed by atoms with van der Waals surface area (Å²) in [4.78, 5) is 60.3. The van der Waals surface area contributed by atoms with Gasteiger partial charge in [0, 0.05) is 18.5 Å². The average molecular weight is 690 g/mol. The van der Waals surface area contributed by atoms with Gasteiger partial charge in [0.25, 0.3) is 5.91 Å². The van der Waals surface area contributed by atoms with Gasteiger partial charge in [-0.3, -0.25) is 19.1 Å². The van der Waals surface area contributed by atoms with E-state index in [1.54, 1.807) is 60.6 Å². The first-order valence-electron chi connectivity index (χ1n) is 16.1. The third-order valence-electron chi connectivity index (χ3n) is 8.23. The van der Waals surface area contributed by atoms with Gasteiger partial charge in [-0.15, -0.1) is 6.58 Å². The maximum atomic E-state index is 14.3. The normalized spacial score (nSPS) is 20.4. The van der Waals surface area contributed by atoms with Gasteiger partial charge >= 0.3 is 6.09 Å². The number of carbonyl (C=O) groups is 4. The number of nitrogens with one attached hydrogen (secondary N) is 3. The highest BCUT2D eigenvalue weighted by molar-refractivity contribution is 7.90. The number of ether oxygens (including phenoxy) is 2. The predicted molar refractivity (Wildman–Crippen MR) is 177 cm³/mol. The second-order valence-corrected chi connectivity index (χ2v) is 16.3. The zero-order chi connectivity index (χ0) is 35.6. The number of nitrogens with zero attached hydrogens (tertiary/aromatic N) is 2. The van der Waals surface area contributed by atoms with Crippen LogP contribution < -0.4 is 20.1 Å². The van der Waals surface area contributed by atoms with Crippen LogP contribution in [-0.2, 0) is 29.1 Å². The second-order valence-electron chi connectivity index (χ2n) is 14.4. The monoisotopic (exact) mass is 689 g/mol. The quantitative estimate of drug-likeness (QED) is 0.279. The first-order chi connectivity index (χ1) is 22.3. The van der Waals surface area contributed by atoms with E-state index in [0.717, 1.165) is 0 Å². The number of hydrogen-bond acceptors (Lipinski definition) is 10. The van der Waals surface area contributed by atoms with E-state index in [4.69, 9.17) is 13.9 Å². The van der Waals surface area contributed by atoms with Gasteiger partial charge in [-0.2, -0.15) is 0 Å². The zero-order valence-corrected chi connectivity index (χ0v) is 29.4. The number of hydrogen-bond donors (Lipinski definition) is 3. The average Bonchev–Trinajstić information content (AvgIpc) is 3.60. The molecular weight excluding hydrogens is 642 g/mol. The Hall–Kier alpha value is -4.14. The predicted octanol–water partition coefficient (Wildman–Crippen LogP) is 3.42. The first-order valence-corrected chi connectivity index (χ1v) is 17.7. The fourth-order valence-electron chi connectivity index (χ4n) is 5.56. The van der Waals surface area contributed by atoms with E-state index in [2.05, 4.69) is 26.9 Å². The molecule has 1 aliphatic carbocycles. The van der Waals surface area contributed by atoms with Crippen LogP contribution in [0.5, 0.6) is 5.88 Å². The summed E-state index contributed by atoms with van der Waals surface area (Å²) >= 11 is 0. The molecule has 1 saturated carbocycles. The van der Waals surface area contributed by atoms with Crippen LogP contribution in [0.15, 0.2) is 41.7 Å². The Morgan fingerprint density at radius 2 is 1.81 bits per heavy atom. The van der Waals surface area contributed by atoms with Crippen molar-refractivity contribution in [3.05, 3.63) is 37.2 Å². The van der Waals surface area contributed by atoms with Crippen molar-refractivity contribution in [1.82, 2.24) is 25.2 Å². The zero-order valence-electron chi connectivity index (χ0n) is 28.6. The summed E-state index contributed by atoms with van der Waals surface area (Å²) in [6.45, 7) is 15.9. The summed E-state index contributed by atoms with van der Waals surface area (Å²) < 4.78 is 44.5. The van der Waals surface area contributed by atoms with Crippen molar-refractivity contribution in [3.63, 3.8) is 0 Å². The van der Waals surface area contributed by atoms with Crippen LogP contribution in [0.3, 0.4) is 0 Å². The fraction of sp³-hybridized carbons (Fsp3) is 0.606. The topological polar surface area (TPSA) is 186 Å². The molecule has 2 fully saturated rings. The summed E-state index contributed by atoms with van der Waals surface area (Å²) in [5.41, 5.74) is -1.09. The number of sulfonamides is 1. The molecular formula is C33H47N5O9S. The Labute approximate surface area is 281 Å². The summed E-state index contributed by atoms with van der Waals surface area (Å²) in [6, 6.07) is -0.188. The van der Waals surface area contributed by atoms with Gasteiger partial charge in [0.2, 0.25) is 27.7 Å². The summed E-state index contributed by atoms with van der Waals surface area (Å²) in [6.07, 6.45) is 4.26. The Morgan fingerprint density at radius 1 is 1.12 bits per heavy atom. The van der Waals surface area contributed by atoms with Crippen LogP contribution in [0, 0.1) is 11.3 Å². The van der Waals surface area contributed by atoms with Gasteiger partial charge < -0.3 is 29.4 Å². The lowest BCUT2D eigenvalue weighted by atomic mass is 9.85. The second kappa shape index (κ2) is 14.1. The number of rotatable bonds is 12. The standard InChI is InChI=1S/C33H47N5O9S/c1-9-19(10-2)25(28(40)37-48(43,44)21-11-12-21)35-27(39)23-17-20(46-29-22-14-16-45-24(22)13-15-34-29)18-38(23)30(41)26(32(3,4)5)36-31(42)47-33(6,7)8/h9,13-16,19-21,23,25-26H,1,10-12,17-18H2,2-8H3,(H,35,39)(H,36,42)(H,37,40)/t19?,20-,23+,25-,26-/m1/s1. The number of alkyl carbamates (subject to hydrolysis) is 1. The van der Waals surface area contributed by atoms with Crippen LogP contribution in [0.4, 0.5) is 4.79 Å². The Morgan fingerprint density at radius 3 is 2.40 bits per heavy atom. The molecule has 15 heteroatoms. The Kier molecular flexibility index (Phi) is 10.8. The SMILES string of the molecule is C=CC(CC)[C@@H](NC(=O)[C@@H]1C[C@@H](Oc2nccc3occc23)CN1C(=O)[C@@H](NC(=O)OC(C)(C)C)C(C)(C)C)C(=O)NS(=O)(=O)C1CC1. The van der Waals surface area contributed by atoms with E-state index in [9.17, 15) is 27.6 Å². The highest BCUT2D eigenvalue weighted by Crippen LogP contribution is 2.31. The molecule has 4 rings (SSSR count). The molecule has 0 radical (unpaired) electrons. The van der Waals surface area contributed by atoms with Gasteiger partial charge in [-0.25, -0.2) is 18.2 Å². The van der Waals surface area contributed by atoms with E-state index >= 15 is 0 Å². The van der Waals surface area contributed by atoms with Crippen molar-refractivity contribution < 1.29 is 41.5 Å². The minimum Gasteiger partial charge on any atom is -0.472 e. The van der Waals surface area contributed by atoms with E-state index in [1.165, 1.54) is 23.4 Å². The maximum Gasteiger partial charge on any atom is 0.408 e. The molecule has 2 aromatic rings. The molecule has 3 heterocycles. The lowest BCUT2D eigenvalue weighted by molar-refractivity contribution is -0.142. The fourth-order valence-corrected chi connectivity index (χ4v) is 6.89. The molecule has 4 amide bonds. The molecule has 0 spiro atoms. The van der Waals surface area contributed by atoms with E-state index in [1.807, 2.05) is 0 Å². The van der Waals surface area contributed by atoms with Gasteiger partial charge in [0.1, 0.15) is 35.4 Å². The van der Waals surface area contributed by atoms with E-state index in [-0.39, 0.29) is 18.8 Å². The summed E-state index contributed by atoms with van der Waals surface area (Å²) in [5, 5.41) is 5.34. The number of aromatic nitrogens is 1. The number of amides is 4. The van der Waals surface area contributed by atoms with E-state index < -0.39 is 80.3 Å². The number of pyridine rings is 1. The van der Waals surface area contributed by atoms with Crippen LogP contribution >= 0.6 is 0 Å². The first kappa shape index (κ1) is 36.7. The molecule has 1 unspecified atom stereocenters. The highest BCUT2D eigenvalue weighted by atomic mass is 32.2. The molecule has 3 N–H and O–H groups in total. The molecule has 48 heavy (non-hydrogen) atoms. The van der Waals surface area contributed by atoms with Crippen molar-refractivity contribution in [2.45, 2.75) is 109 Å². The summed E-state index contributed by atoms with van der Waals surface area (Å²) in [7, 11) is -3.91. The molecule has 0 aromatic carbocycles. The van der Waals surface area contributed by atoms with Crippen LogP contribution in [0.25, 0.3) is 11.0 Å². The minimum atomic E-state index is -3.91. The van der Waals surface area contributed by atoms with Crippen LogP contribution in [0.2, 0.25) is 0 Å². The van der Waals surface area contributed by atoms with Crippen molar-refractivity contribution in [2.75, 3.05) is 6.54 Å². The number of furan rings is 1. The molecule has 1 aliphatic heterocycles. The van der Waals surface area contributed by atoms with Crippen molar-refractivity contribution >= 4 is 44.8 Å². The molecule has 2 aliphatic rings. The van der Waals surface area contributed by atoms with Gasteiger partial charge in [0.15, 0.2) is 0 Å². The Bertz CT molecular complexity index is 1640.